The third-order valence-electron chi connectivity index (χ3n) is 1.18. The van der Waals surface area contributed by atoms with Crippen LogP contribution in [0.4, 0.5) is 0 Å². The summed E-state index contributed by atoms with van der Waals surface area (Å²) in [6.07, 6.45) is 7.11. The Bertz CT molecular complexity index is 116. The lowest BCUT2D eigenvalue weighted by atomic mass is 10.2. The zero-order chi connectivity index (χ0) is 7.82. The van der Waals surface area contributed by atoms with Crippen LogP contribution in [-0.4, -0.2) is 11.1 Å². The monoisotopic (exact) mass is 142 g/mol. The van der Waals surface area contributed by atoms with Crippen LogP contribution >= 0.6 is 0 Å². The fraction of sp³-hybridized carbons (Fsp3) is 0.625. The molecule has 0 heterocycles. The van der Waals surface area contributed by atoms with Crippen LogP contribution < -0.4 is 0 Å². The second-order valence-electron chi connectivity index (χ2n) is 2.21. The fourth-order valence-corrected chi connectivity index (χ4v) is 0.624. The first-order valence-electron chi connectivity index (χ1n) is 3.64. The van der Waals surface area contributed by atoms with Crippen molar-refractivity contribution in [1.29, 1.82) is 0 Å². The zero-order valence-corrected chi connectivity index (χ0v) is 6.34. The number of rotatable bonds is 5. The van der Waals surface area contributed by atoms with Crippen LogP contribution in [-0.2, 0) is 4.79 Å². The Morgan fingerprint density at radius 2 is 2.20 bits per heavy atom. The molecule has 0 aliphatic carbocycles. The lowest BCUT2D eigenvalue weighted by molar-refractivity contribution is -0.136. The van der Waals surface area contributed by atoms with Gasteiger partial charge in [-0.1, -0.05) is 31.9 Å². The summed E-state index contributed by atoms with van der Waals surface area (Å²) in [6, 6.07) is 0. The molecule has 0 fully saturated rings. The van der Waals surface area contributed by atoms with Crippen LogP contribution in [0.1, 0.15) is 32.6 Å². The number of hydrogen-bond donors (Lipinski definition) is 1. The third kappa shape index (κ3) is 7.21. The van der Waals surface area contributed by atoms with Crippen molar-refractivity contribution >= 4 is 5.97 Å². The summed E-state index contributed by atoms with van der Waals surface area (Å²) in [7, 11) is 0. The molecule has 0 bridgehead atoms. The molecular weight excluding hydrogens is 128 g/mol. The lowest BCUT2D eigenvalue weighted by Gasteiger charge is -1.86. The van der Waals surface area contributed by atoms with Gasteiger partial charge in [0.1, 0.15) is 0 Å². The van der Waals surface area contributed by atoms with E-state index in [4.69, 9.17) is 5.11 Å². The lowest BCUT2D eigenvalue weighted by Crippen LogP contribution is -1.89. The van der Waals surface area contributed by atoms with E-state index in [2.05, 4.69) is 6.92 Å². The topological polar surface area (TPSA) is 37.3 Å². The Morgan fingerprint density at radius 3 is 2.70 bits per heavy atom. The first-order valence-corrected chi connectivity index (χ1v) is 3.64. The molecule has 0 unspecified atom stereocenters. The Kier molecular flexibility index (Phi) is 5.83. The normalized spacial score (nSPS) is 10.5. The number of aliphatic carboxylic acids is 1. The number of allylic oxidation sites excluding steroid dienone is 1. The molecule has 58 valence electrons. The standard InChI is InChI=1S/C8H14O2/c1-2-3-4-5-6-7-8(9)10/h5-6H,2-4,7H2,1H3,(H,9,10). The molecule has 0 saturated carbocycles. The molecule has 0 atom stereocenters. The second kappa shape index (κ2) is 6.33. The van der Waals surface area contributed by atoms with Crippen molar-refractivity contribution in [2.45, 2.75) is 32.6 Å². The van der Waals surface area contributed by atoms with Crippen LogP contribution in [0.25, 0.3) is 0 Å². The van der Waals surface area contributed by atoms with Crippen LogP contribution in [0.5, 0.6) is 0 Å². The SMILES string of the molecule is CCCCC=CCC(=O)O. The minimum absolute atomic E-state index is 0.156. The average molecular weight is 142 g/mol. The predicted molar refractivity (Wildman–Crippen MR) is 40.9 cm³/mol. The molecule has 10 heavy (non-hydrogen) atoms. The molecule has 0 aromatic rings. The highest BCUT2D eigenvalue weighted by molar-refractivity contribution is 5.68. The van der Waals surface area contributed by atoms with E-state index in [0.29, 0.717) is 0 Å². The van der Waals surface area contributed by atoms with E-state index in [1.165, 1.54) is 0 Å². The molecule has 0 rings (SSSR count). The van der Waals surface area contributed by atoms with Crippen LogP contribution in [0.15, 0.2) is 12.2 Å². The predicted octanol–water partition coefficient (Wildman–Crippen LogP) is 2.21. The zero-order valence-electron chi connectivity index (χ0n) is 6.34. The van der Waals surface area contributed by atoms with Crippen molar-refractivity contribution in [3.05, 3.63) is 12.2 Å². The molecule has 0 amide bonds. The summed E-state index contributed by atoms with van der Waals surface area (Å²) in [5, 5.41) is 8.22. The van der Waals surface area contributed by atoms with Gasteiger partial charge >= 0.3 is 5.97 Å². The molecular formula is C8H14O2. The molecule has 0 saturated heterocycles. The molecule has 0 radical (unpaired) electrons. The first-order chi connectivity index (χ1) is 4.77. The van der Waals surface area contributed by atoms with Gasteiger partial charge in [-0.3, -0.25) is 4.79 Å². The first kappa shape index (κ1) is 9.21. The maximum Gasteiger partial charge on any atom is 0.307 e. The summed E-state index contributed by atoms with van der Waals surface area (Å²) >= 11 is 0. The molecule has 0 aromatic heterocycles. The fourth-order valence-electron chi connectivity index (χ4n) is 0.624. The van der Waals surface area contributed by atoms with E-state index in [0.717, 1.165) is 19.3 Å². The summed E-state index contributed by atoms with van der Waals surface area (Å²) < 4.78 is 0. The largest absolute Gasteiger partial charge is 0.481 e. The highest BCUT2D eigenvalue weighted by Crippen LogP contribution is 1.95. The van der Waals surface area contributed by atoms with Crippen molar-refractivity contribution in [3.8, 4) is 0 Å². The Labute approximate surface area is 61.6 Å². The van der Waals surface area contributed by atoms with Crippen LogP contribution in [0, 0.1) is 0 Å². The number of unbranched alkanes of at least 4 members (excludes halogenated alkanes) is 2. The van der Waals surface area contributed by atoms with Gasteiger partial charge < -0.3 is 5.11 Å². The van der Waals surface area contributed by atoms with Gasteiger partial charge in [-0.05, 0) is 6.42 Å². The van der Waals surface area contributed by atoms with Crippen molar-refractivity contribution < 1.29 is 9.90 Å². The molecule has 0 aliphatic rings. The molecule has 2 heteroatoms. The number of carboxylic acid groups (broad SMARTS) is 1. The van der Waals surface area contributed by atoms with E-state index in [9.17, 15) is 4.79 Å². The maximum absolute atomic E-state index is 9.98. The van der Waals surface area contributed by atoms with Gasteiger partial charge in [0.2, 0.25) is 0 Å². The maximum atomic E-state index is 9.98. The molecule has 2 nitrogen and oxygen atoms in total. The Morgan fingerprint density at radius 1 is 1.50 bits per heavy atom. The van der Waals surface area contributed by atoms with Crippen molar-refractivity contribution in [1.82, 2.24) is 0 Å². The number of carbonyl (C=O) groups is 1. The summed E-state index contributed by atoms with van der Waals surface area (Å²) in [4.78, 5) is 9.98. The minimum atomic E-state index is -0.757. The van der Waals surface area contributed by atoms with E-state index < -0.39 is 5.97 Å². The van der Waals surface area contributed by atoms with Gasteiger partial charge in [-0.15, -0.1) is 0 Å². The van der Waals surface area contributed by atoms with E-state index in [1.54, 1.807) is 6.08 Å². The van der Waals surface area contributed by atoms with E-state index in [1.807, 2.05) is 6.08 Å². The van der Waals surface area contributed by atoms with Crippen molar-refractivity contribution in [2.24, 2.45) is 0 Å². The highest BCUT2D eigenvalue weighted by Gasteiger charge is 1.87. The summed E-state index contributed by atoms with van der Waals surface area (Å²) in [5.41, 5.74) is 0. The van der Waals surface area contributed by atoms with Gasteiger partial charge in [0.05, 0.1) is 6.42 Å². The molecule has 1 N–H and O–H groups in total. The molecule has 0 spiro atoms. The van der Waals surface area contributed by atoms with Crippen LogP contribution in [0.3, 0.4) is 0 Å². The van der Waals surface area contributed by atoms with Gasteiger partial charge in [0.15, 0.2) is 0 Å². The van der Waals surface area contributed by atoms with Crippen LogP contribution in [0.2, 0.25) is 0 Å². The molecule has 0 aliphatic heterocycles. The van der Waals surface area contributed by atoms with Gasteiger partial charge in [0.25, 0.3) is 0 Å². The number of hydrogen-bond acceptors (Lipinski definition) is 1. The van der Waals surface area contributed by atoms with Gasteiger partial charge in [0, 0.05) is 0 Å². The van der Waals surface area contributed by atoms with Gasteiger partial charge in [-0.2, -0.15) is 0 Å². The summed E-state index contributed by atoms with van der Waals surface area (Å²) in [5.74, 6) is -0.757. The van der Waals surface area contributed by atoms with E-state index >= 15 is 0 Å². The van der Waals surface area contributed by atoms with Crippen molar-refractivity contribution in [3.63, 3.8) is 0 Å². The Hall–Kier alpha value is -0.790. The third-order valence-corrected chi connectivity index (χ3v) is 1.18. The summed E-state index contributed by atoms with van der Waals surface area (Å²) in [6.45, 7) is 2.12. The minimum Gasteiger partial charge on any atom is -0.481 e. The Balaban J connectivity index is 3.12. The quantitative estimate of drug-likeness (QED) is 0.472. The van der Waals surface area contributed by atoms with E-state index in [-0.39, 0.29) is 6.42 Å². The number of carboxylic acids is 1. The average Bonchev–Trinajstić information content (AvgIpc) is 1.87. The second-order valence-corrected chi connectivity index (χ2v) is 2.21. The van der Waals surface area contributed by atoms with Crippen molar-refractivity contribution in [2.75, 3.05) is 0 Å². The molecule has 0 aromatic carbocycles. The highest BCUT2D eigenvalue weighted by atomic mass is 16.4. The van der Waals surface area contributed by atoms with Gasteiger partial charge in [-0.25, -0.2) is 0 Å². The smallest absolute Gasteiger partial charge is 0.307 e.